The van der Waals surface area contributed by atoms with Gasteiger partial charge in [0.1, 0.15) is 0 Å². The molecule has 1 atom stereocenters. The molecule has 0 saturated heterocycles. The molecule has 0 spiro atoms. The van der Waals surface area contributed by atoms with Crippen LogP contribution in [0.2, 0.25) is 0 Å². The van der Waals surface area contributed by atoms with Crippen molar-refractivity contribution in [3.63, 3.8) is 0 Å². The second-order valence-corrected chi connectivity index (χ2v) is 4.90. The van der Waals surface area contributed by atoms with Gasteiger partial charge in [0.2, 0.25) is 0 Å². The SMILES string of the molecule is CCOC(=O)C(Cl)(Cl)[C@](Cl)(OCC)C(=O)OCC. The smallest absolute Gasteiger partial charge is 0.358 e. The van der Waals surface area contributed by atoms with Crippen molar-refractivity contribution < 1.29 is 23.8 Å². The Kier molecular flexibility index (Phi) is 7.29. The number of alkyl halides is 3. The van der Waals surface area contributed by atoms with E-state index in [1.54, 1.807) is 20.8 Å². The summed E-state index contributed by atoms with van der Waals surface area (Å²) in [6.07, 6.45) is 0. The van der Waals surface area contributed by atoms with Crippen molar-refractivity contribution in [2.24, 2.45) is 0 Å². The molecule has 0 rings (SSSR count). The first kappa shape index (κ1) is 17.8. The largest absolute Gasteiger partial charge is 0.464 e. The molecule has 0 aromatic carbocycles. The highest BCUT2D eigenvalue weighted by atomic mass is 35.5. The minimum Gasteiger partial charge on any atom is -0.464 e. The van der Waals surface area contributed by atoms with Gasteiger partial charge in [-0.1, -0.05) is 34.8 Å². The van der Waals surface area contributed by atoms with Crippen molar-refractivity contribution in [3.8, 4) is 0 Å². The maximum Gasteiger partial charge on any atom is 0.358 e. The Labute approximate surface area is 121 Å². The van der Waals surface area contributed by atoms with Gasteiger partial charge in [0.05, 0.1) is 13.2 Å². The van der Waals surface area contributed by atoms with Crippen molar-refractivity contribution in [2.45, 2.75) is 30.2 Å². The maximum atomic E-state index is 11.8. The molecule has 5 nitrogen and oxygen atoms in total. The van der Waals surface area contributed by atoms with Crippen molar-refractivity contribution in [1.29, 1.82) is 0 Å². The number of carbonyl (C=O) groups excluding carboxylic acids is 2. The van der Waals surface area contributed by atoms with Gasteiger partial charge in [-0.3, -0.25) is 0 Å². The number of ether oxygens (including phenoxy) is 3. The normalized spacial score (nSPS) is 14.8. The predicted octanol–water partition coefficient (Wildman–Crippen LogP) is 2.26. The lowest BCUT2D eigenvalue weighted by Gasteiger charge is -2.33. The number of esters is 2. The highest BCUT2D eigenvalue weighted by molar-refractivity contribution is 6.64. The lowest BCUT2D eigenvalue weighted by molar-refractivity contribution is -0.169. The van der Waals surface area contributed by atoms with Crippen LogP contribution in [0.15, 0.2) is 0 Å². The lowest BCUT2D eigenvalue weighted by atomic mass is 10.2. The quantitative estimate of drug-likeness (QED) is 0.531. The van der Waals surface area contributed by atoms with E-state index in [0.29, 0.717) is 0 Å². The summed E-state index contributed by atoms with van der Waals surface area (Å²) < 4.78 is 11.9. The summed E-state index contributed by atoms with van der Waals surface area (Å²) in [5, 5.41) is -2.35. The van der Waals surface area contributed by atoms with Crippen LogP contribution in [-0.2, 0) is 23.8 Å². The van der Waals surface area contributed by atoms with Crippen LogP contribution in [0.3, 0.4) is 0 Å². The third-order valence-electron chi connectivity index (χ3n) is 1.82. The summed E-state index contributed by atoms with van der Waals surface area (Å²) in [6, 6.07) is 0. The van der Waals surface area contributed by atoms with Gasteiger partial charge in [0.15, 0.2) is 0 Å². The summed E-state index contributed by atoms with van der Waals surface area (Å²) in [4.78, 5) is 23.4. The van der Waals surface area contributed by atoms with E-state index in [1.807, 2.05) is 0 Å². The van der Waals surface area contributed by atoms with Crippen LogP contribution in [0.25, 0.3) is 0 Å². The van der Waals surface area contributed by atoms with Crippen LogP contribution >= 0.6 is 34.8 Å². The monoisotopic (exact) mass is 320 g/mol. The van der Waals surface area contributed by atoms with E-state index >= 15 is 0 Å². The summed E-state index contributed by atoms with van der Waals surface area (Å²) in [5.74, 6) is -2.13. The second kappa shape index (κ2) is 7.38. The van der Waals surface area contributed by atoms with Gasteiger partial charge in [0, 0.05) is 6.61 Å². The van der Waals surface area contributed by atoms with Crippen molar-refractivity contribution in [3.05, 3.63) is 0 Å². The minimum absolute atomic E-state index is 0.00289. The van der Waals surface area contributed by atoms with E-state index < -0.39 is 21.3 Å². The standard InChI is InChI=1S/C10H15Cl3O5/c1-4-16-7(14)9(11,12)10(13,18-6-3)8(15)17-5-2/h4-6H2,1-3H3/t10-/m1/s1. The number of hydrogen-bond donors (Lipinski definition) is 0. The fourth-order valence-corrected chi connectivity index (χ4v) is 1.67. The molecule has 18 heavy (non-hydrogen) atoms. The lowest BCUT2D eigenvalue weighted by Crippen LogP contribution is -2.56. The highest BCUT2D eigenvalue weighted by Gasteiger charge is 2.62. The number of halogens is 3. The molecule has 0 fully saturated rings. The van der Waals surface area contributed by atoms with Crippen LogP contribution in [-0.4, -0.2) is 41.2 Å². The average Bonchev–Trinajstić information content (AvgIpc) is 2.29. The first-order chi connectivity index (χ1) is 8.27. The third kappa shape index (κ3) is 3.63. The number of carbonyl (C=O) groups is 2. The van der Waals surface area contributed by atoms with Gasteiger partial charge in [-0.2, -0.15) is 0 Å². The molecule has 0 amide bonds. The summed E-state index contributed by atoms with van der Waals surface area (Å²) >= 11 is 17.6. The number of hydrogen-bond acceptors (Lipinski definition) is 5. The van der Waals surface area contributed by atoms with Crippen LogP contribution in [0, 0.1) is 0 Å². The summed E-state index contributed by atoms with van der Waals surface area (Å²) in [5.41, 5.74) is 0. The fraction of sp³-hybridized carbons (Fsp3) is 0.800. The van der Waals surface area contributed by atoms with Crippen molar-refractivity contribution >= 4 is 46.7 Å². The zero-order chi connectivity index (χ0) is 14.4. The highest BCUT2D eigenvalue weighted by Crippen LogP contribution is 2.42. The van der Waals surface area contributed by atoms with Crippen LogP contribution in [0.4, 0.5) is 0 Å². The molecule has 0 N–H and O–H groups in total. The molecular weight excluding hydrogens is 306 g/mol. The second-order valence-electron chi connectivity index (χ2n) is 3.04. The molecule has 0 aliphatic rings. The van der Waals surface area contributed by atoms with E-state index in [4.69, 9.17) is 44.3 Å². The van der Waals surface area contributed by atoms with Gasteiger partial charge in [0.25, 0.3) is 9.39 Å². The molecular formula is C10H15Cl3O5. The zero-order valence-corrected chi connectivity index (χ0v) is 12.6. The average molecular weight is 322 g/mol. The molecule has 106 valence electrons. The Bertz CT molecular complexity index is 308. The Balaban J connectivity index is 5.30. The predicted molar refractivity (Wildman–Crippen MR) is 67.9 cm³/mol. The Hall–Kier alpha value is -0.230. The van der Waals surface area contributed by atoms with Crippen LogP contribution in [0.5, 0.6) is 0 Å². The maximum absolute atomic E-state index is 11.8. The van der Waals surface area contributed by atoms with Crippen molar-refractivity contribution in [1.82, 2.24) is 0 Å². The van der Waals surface area contributed by atoms with E-state index in [-0.39, 0.29) is 19.8 Å². The molecule has 0 aromatic heterocycles. The van der Waals surface area contributed by atoms with Gasteiger partial charge in [-0.05, 0) is 20.8 Å². The van der Waals surface area contributed by atoms with Gasteiger partial charge in [-0.15, -0.1) is 0 Å². The molecule has 0 aliphatic carbocycles. The molecule has 0 heterocycles. The van der Waals surface area contributed by atoms with Crippen molar-refractivity contribution in [2.75, 3.05) is 19.8 Å². The van der Waals surface area contributed by atoms with E-state index in [9.17, 15) is 9.59 Å². The first-order valence-corrected chi connectivity index (χ1v) is 6.46. The fourth-order valence-electron chi connectivity index (χ4n) is 1.05. The molecule has 0 unspecified atom stereocenters. The third-order valence-corrected chi connectivity index (χ3v) is 3.40. The summed E-state index contributed by atoms with van der Waals surface area (Å²) in [7, 11) is 0. The van der Waals surface area contributed by atoms with E-state index in [2.05, 4.69) is 4.74 Å². The molecule has 0 radical (unpaired) electrons. The van der Waals surface area contributed by atoms with E-state index in [1.165, 1.54) is 0 Å². The van der Waals surface area contributed by atoms with Gasteiger partial charge in [-0.25, -0.2) is 9.59 Å². The van der Waals surface area contributed by atoms with E-state index in [0.717, 1.165) is 0 Å². The van der Waals surface area contributed by atoms with Crippen LogP contribution < -0.4 is 0 Å². The Morgan fingerprint density at radius 2 is 1.33 bits per heavy atom. The molecule has 0 bridgehead atoms. The Morgan fingerprint density at radius 1 is 0.889 bits per heavy atom. The minimum atomic E-state index is -2.41. The molecule has 0 saturated carbocycles. The zero-order valence-electron chi connectivity index (χ0n) is 10.3. The molecule has 0 aromatic rings. The molecule has 0 aliphatic heterocycles. The van der Waals surface area contributed by atoms with Crippen LogP contribution in [0.1, 0.15) is 20.8 Å². The topological polar surface area (TPSA) is 61.8 Å². The molecule has 8 heteroatoms. The van der Waals surface area contributed by atoms with Gasteiger partial charge < -0.3 is 14.2 Å². The Morgan fingerprint density at radius 3 is 1.72 bits per heavy atom. The summed E-state index contributed by atoms with van der Waals surface area (Å²) in [6.45, 7) is 4.75. The first-order valence-electron chi connectivity index (χ1n) is 5.32. The number of rotatable bonds is 7. The van der Waals surface area contributed by atoms with Gasteiger partial charge >= 0.3 is 11.9 Å².